The lowest BCUT2D eigenvalue weighted by Gasteiger charge is -2.42. The highest BCUT2D eigenvalue weighted by atomic mass is 16.5. The molecule has 11 heteroatoms. The molecule has 2 aliphatic rings. The van der Waals surface area contributed by atoms with E-state index in [1.807, 2.05) is 19.9 Å². The summed E-state index contributed by atoms with van der Waals surface area (Å²) in [5.74, 6) is -0.839. The van der Waals surface area contributed by atoms with Gasteiger partial charge >= 0.3 is 0 Å². The Balaban J connectivity index is 1.59. The quantitative estimate of drug-likeness (QED) is 0.409. The molecule has 2 saturated heterocycles. The van der Waals surface area contributed by atoms with Gasteiger partial charge in [0.2, 0.25) is 5.91 Å². The van der Waals surface area contributed by atoms with Crippen molar-refractivity contribution in [3.05, 3.63) is 17.5 Å². The minimum Gasteiger partial charge on any atom is -0.388 e. The summed E-state index contributed by atoms with van der Waals surface area (Å²) in [5, 5.41) is 37.4. The van der Waals surface area contributed by atoms with Gasteiger partial charge in [-0.15, -0.1) is 0 Å². The molecule has 0 aromatic carbocycles. The van der Waals surface area contributed by atoms with E-state index in [-0.39, 0.29) is 19.0 Å². The van der Waals surface area contributed by atoms with E-state index in [9.17, 15) is 24.9 Å². The van der Waals surface area contributed by atoms with Gasteiger partial charge in [0.05, 0.1) is 18.9 Å². The molecular formula is C18H28N4O7. The van der Waals surface area contributed by atoms with Crippen molar-refractivity contribution in [2.75, 3.05) is 32.8 Å². The lowest BCUT2D eigenvalue weighted by Crippen LogP contribution is -2.64. The fraction of sp³-hybridized carbons (Fsp3) is 0.722. The molecule has 3 heterocycles. The second-order valence-corrected chi connectivity index (χ2v) is 7.39. The SMILES string of the molecule is Cc1cc(C)n(CC(=O)NC[C@@H]2O[C@H](C(=O)N3CCOCC3)[C@H](O)[C@H](O)[C@H]2O)n1. The third-order valence-corrected chi connectivity index (χ3v) is 5.18. The fourth-order valence-electron chi connectivity index (χ4n) is 3.53. The van der Waals surface area contributed by atoms with E-state index in [0.29, 0.717) is 26.3 Å². The number of hydrogen-bond acceptors (Lipinski definition) is 8. The number of amides is 2. The zero-order valence-corrected chi connectivity index (χ0v) is 16.5. The number of rotatable bonds is 5. The van der Waals surface area contributed by atoms with Gasteiger partial charge in [0, 0.05) is 25.3 Å². The first-order valence-electron chi connectivity index (χ1n) is 9.62. The molecule has 4 N–H and O–H groups in total. The van der Waals surface area contributed by atoms with E-state index in [1.165, 1.54) is 4.90 Å². The maximum atomic E-state index is 12.7. The minimum absolute atomic E-state index is 0.0101. The molecule has 0 bridgehead atoms. The third kappa shape index (κ3) is 4.93. The molecule has 0 spiro atoms. The normalized spacial score (nSPS) is 30.2. The predicted octanol–water partition coefficient (Wildman–Crippen LogP) is -2.67. The van der Waals surface area contributed by atoms with Gasteiger partial charge < -0.3 is 35.0 Å². The molecule has 162 valence electrons. The van der Waals surface area contributed by atoms with Crippen LogP contribution in [0.3, 0.4) is 0 Å². The van der Waals surface area contributed by atoms with Crippen LogP contribution in [0.5, 0.6) is 0 Å². The van der Waals surface area contributed by atoms with Crippen LogP contribution in [0, 0.1) is 13.8 Å². The largest absolute Gasteiger partial charge is 0.388 e. The third-order valence-electron chi connectivity index (χ3n) is 5.18. The maximum Gasteiger partial charge on any atom is 0.254 e. The molecule has 0 radical (unpaired) electrons. The first kappa shape index (κ1) is 21.7. The highest BCUT2D eigenvalue weighted by molar-refractivity contribution is 5.82. The number of carbonyl (C=O) groups is 2. The van der Waals surface area contributed by atoms with Gasteiger partial charge in [-0.25, -0.2) is 0 Å². The van der Waals surface area contributed by atoms with Gasteiger partial charge in [-0.3, -0.25) is 14.3 Å². The van der Waals surface area contributed by atoms with E-state index >= 15 is 0 Å². The van der Waals surface area contributed by atoms with Gasteiger partial charge in [-0.05, 0) is 19.9 Å². The van der Waals surface area contributed by atoms with Crippen LogP contribution in [0.25, 0.3) is 0 Å². The molecule has 2 fully saturated rings. The van der Waals surface area contributed by atoms with Crippen LogP contribution in [0.4, 0.5) is 0 Å². The zero-order valence-electron chi connectivity index (χ0n) is 16.5. The van der Waals surface area contributed by atoms with Crippen LogP contribution >= 0.6 is 0 Å². The van der Waals surface area contributed by atoms with Crippen LogP contribution in [-0.4, -0.2) is 105 Å². The van der Waals surface area contributed by atoms with Gasteiger partial charge in [0.25, 0.3) is 5.91 Å². The van der Waals surface area contributed by atoms with Crippen molar-refractivity contribution in [3.63, 3.8) is 0 Å². The Bertz CT molecular complexity index is 734. The summed E-state index contributed by atoms with van der Waals surface area (Å²) in [6.07, 6.45) is -6.97. The molecule has 0 saturated carbocycles. The van der Waals surface area contributed by atoms with E-state index in [0.717, 1.165) is 11.4 Å². The summed E-state index contributed by atoms with van der Waals surface area (Å²) in [6.45, 7) is 4.99. The Morgan fingerprint density at radius 1 is 1.17 bits per heavy atom. The number of nitrogens with zero attached hydrogens (tertiary/aromatic N) is 3. The maximum absolute atomic E-state index is 12.7. The molecule has 29 heavy (non-hydrogen) atoms. The Labute approximate surface area is 168 Å². The molecule has 3 rings (SSSR count). The van der Waals surface area contributed by atoms with Gasteiger partial charge in [0.15, 0.2) is 6.10 Å². The number of ether oxygens (including phenoxy) is 2. The summed E-state index contributed by atoms with van der Waals surface area (Å²) in [4.78, 5) is 26.4. The Kier molecular flexibility index (Phi) is 6.85. The summed E-state index contributed by atoms with van der Waals surface area (Å²) in [6, 6.07) is 1.85. The van der Waals surface area contributed by atoms with Crippen LogP contribution in [0.2, 0.25) is 0 Å². The fourth-order valence-corrected chi connectivity index (χ4v) is 3.53. The Morgan fingerprint density at radius 2 is 1.86 bits per heavy atom. The summed E-state index contributed by atoms with van der Waals surface area (Å²) >= 11 is 0. The summed E-state index contributed by atoms with van der Waals surface area (Å²) < 4.78 is 12.3. The van der Waals surface area contributed by atoms with E-state index in [2.05, 4.69) is 10.4 Å². The number of aryl methyl sites for hydroxylation is 2. The summed E-state index contributed by atoms with van der Waals surface area (Å²) in [5.41, 5.74) is 1.63. The van der Waals surface area contributed by atoms with Gasteiger partial charge in [-0.1, -0.05) is 0 Å². The van der Waals surface area contributed by atoms with Crippen molar-refractivity contribution in [3.8, 4) is 0 Å². The Morgan fingerprint density at radius 3 is 2.48 bits per heavy atom. The smallest absolute Gasteiger partial charge is 0.254 e. The first-order valence-corrected chi connectivity index (χ1v) is 9.62. The lowest BCUT2D eigenvalue weighted by molar-refractivity contribution is -0.224. The molecular weight excluding hydrogens is 384 g/mol. The minimum atomic E-state index is -1.57. The number of aromatic nitrogens is 2. The van der Waals surface area contributed by atoms with E-state index in [4.69, 9.17) is 9.47 Å². The molecule has 0 aliphatic carbocycles. The predicted molar refractivity (Wildman–Crippen MR) is 98.8 cm³/mol. The van der Waals surface area contributed by atoms with Crippen LogP contribution in [0.15, 0.2) is 6.07 Å². The van der Waals surface area contributed by atoms with Crippen molar-refractivity contribution >= 4 is 11.8 Å². The molecule has 2 amide bonds. The number of nitrogens with one attached hydrogen (secondary N) is 1. The standard InChI is InChI=1S/C18H28N4O7/c1-10-7-11(2)22(20-10)9-13(23)19-8-12-14(24)15(25)16(26)17(29-12)18(27)21-3-5-28-6-4-21/h7,12,14-17,24-26H,3-6,8-9H2,1-2H3,(H,19,23)/t12-,14-,15+,16+,17-/m0/s1. The first-order chi connectivity index (χ1) is 13.8. The average molecular weight is 412 g/mol. The lowest BCUT2D eigenvalue weighted by atomic mass is 9.94. The number of aliphatic hydroxyl groups is 3. The highest BCUT2D eigenvalue weighted by Crippen LogP contribution is 2.23. The zero-order chi connectivity index (χ0) is 21.1. The van der Waals surface area contributed by atoms with Crippen molar-refractivity contribution in [2.45, 2.75) is 50.9 Å². The van der Waals surface area contributed by atoms with Crippen molar-refractivity contribution in [1.29, 1.82) is 0 Å². The number of morpholine rings is 1. The Hall–Kier alpha value is -2.05. The van der Waals surface area contributed by atoms with Crippen LogP contribution in [-0.2, 0) is 25.6 Å². The van der Waals surface area contributed by atoms with Gasteiger partial charge in [-0.2, -0.15) is 5.10 Å². The topological polar surface area (TPSA) is 146 Å². The molecule has 1 aromatic heterocycles. The van der Waals surface area contributed by atoms with E-state index < -0.39 is 36.4 Å². The van der Waals surface area contributed by atoms with Crippen LogP contribution < -0.4 is 5.32 Å². The van der Waals surface area contributed by atoms with Crippen molar-refractivity contribution in [1.82, 2.24) is 20.0 Å². The molecule has 0 unspecified atom stereocenters. The van der Waals surface area contributed by atoms with Crippen molar-refractivity contribution < 1.29 is 34.4 Å². The second kappa shape index (κ2) is 9.18. The summed E-state index contributed by atoms with van der Waals surface area (Å²) in [7, 11) is 0. The molecule has 2 aliphatic heterocycles. The number of hydrogen-bond donors (Lipinski definition) is 4. The second-order valence-electron chi connectivity index (χ2n) is 7.39. The average Bonchev–Trinajstić information content (AvgIpc) is 3.02. The van der Waals surface area contributed by atoms with Gasteiger partial charge in [0.1, 0.15) is 31.0 Å². The highest BCUT2D eigenvalue weighted by Gasteiger charge is 2.47. The van der Waals surface area contributed by atoms with Crippen LogP contribution in [0.1, 0.15) is 11.4 Å². The molecule has 5 atom stereocenters. The van der Waals surface area contributed by atoms with Crippen molar-refractivity contribution in [2.24, 2.45) is 0 Å². The van der Waals surface area contributed by atoms with E-state index in [1.54, 1.807) is 4.68 Å². The number of aliphatic hydroxyl groups excluding tert-OH is 3. The molecule has 1 aromatic rings. The monoisotopic (exact) mass is 412 g/mol. The molecule has 11 nitrogen and oxygen atoms in total. The number of carbonyl (C=O) groups excluding carboxylic acids is 2.